The highest BCUT2D eigenvalue weighted by Crippen LogP contribution is 1.92. The molecule has 2 N–H and O–H groups in total. The summed E-state index contributed by atoms with van der Waals surface area (Å²) in [6.45, 7) is 0. The summed E-state index contributed by atoms with van der Waals surface area (Å²) in [5.41, 5.74) is 6.18. The number of thioether (sulfide) groups is 1. The van der Waals surface area contributed by atoms with Crippen LogP contribution in [-0.2, 0) is 0 Å². The van der Waals surface area contributed by atoms with E-state index in [9.17, 15) is 0 Å². The molecule has 13 heavy (non-hydrogen) atoms. The van der Waals surface area contributed by atoms with E-state index in [2.05, 4.69) is 15.2 Å². The fourth-order valence-corrected chi connectivity index (χ4v) is 0.767. The summed E-state index contributed by atoms with van der Waals surface area (Å²) in [5, 5.41) is 7.93. The van der Waals surface area contributed by atoms with Gasteiger partial charge in [-0.05, 0) is 18.4 Å². The minimum atomic E-state index is 0.437. The van der Waals surface area contributed by atoms with Gasteiger partial charge >= 0.3 is 0 Å². The number of pyridine rings is 1. The SMILES string of the molecule is CSC(N)=NN=Cc1ccccn1. The second-order valence-corrected chi connectivity index (χ2v) is 2.97. The summed E-state index contributed by atoms with van der Waals surface area (Å²) in [4.78, 5) is 4.04. The van der Waals surface area contributed by atoms with E-state index < -0.39 is 0 Å². The molecule has 0 atom stereocenters. The molecule has 1 aromatic heterocycles. The summed E-state index contributed by atoms with van der Waals surface area (Å²) in [7, 11) is 0. The first-order valence-corrected chi connectivity index (χ1v) is 4.87. The topological polar surface area (TPSA) is 63.6 Å². The predicted octanol–water partition coefficient (Wildman–Crippen LogP) is 1.09. The molecule has 5 heteroatoms. The van der Waals surface area contributed by atoms with Crippen LogP contribution < -0.4 is 5.73 Å². The second kappa shape index (κ2) is 5.31. The quantitative estimate of drug-likeness (QED) is 0.435. The summed E-state index contributed by atoms with van der Waals surface area (Å²) in [5.74, 6) is 0. The Kier molecular flexibility index (Phi) is 3.98. The highest BCUT2D eigenvalue weighted by molar-refractivity contribution is 8.13. The van der Waals surface area contributed by atoms with Crippen LogP contribution in [-0.4, -0.2) is 22.6 Å². The smallest absolute Gasteiger partial charge is 0.180 e. The van der Waals surface area contributed by atoms with E-state index in [1.807, 2.05) is 24.5 Å². The maximum Gasteiger partial charge on any atom is 0.180 e. The number of nitrogens with two attached hydrogens (primary N) is 1. The van der Waals surface area contributed by atoms with Crippen molar-refractivity contribution in [1.29, 1.82) is 0 Å². The number of hydrogen-bond acceptors (Lipinski definition) is 4. The molecule has 0 bridgehead atoms. The summed E-state index contributed by atoms with van der Waals surface area (Å²) >= 11 is 1.35. The molecular formula is C8H10N4S. The molecule has 4 nitrogen and oxygen atoms in total. The van der Waals surface area contributed by atoms with Crippen LogP contribution in [0.4, 0.5) is 0 Å². The van der Waals surface area contributed by atoms with Gasteiger partial charge in [0.25, 0.3) is 0 Å². The molecular weight excluding hydrogens is 184 g/mol. The van der Waals surface area contributed by atoms with Crippen molar-refractivity contribution in [3.8, 4) is 0 Å². The highest BCUT2D eigenvalue weighted by atomic mass is 32.2. The minimum Gasteiger partial charge on any atom is -0.377 e. The maximum atomic E-state index is 5.42. The van der Waals surface area contributed by atoms with Gasteiger partial charge in [-0.3, -0.25) is 4.98 Å². The van der Waals surface area contributed by atoms with Crippen LogP contribution in [0.1, 0.15) is 5.69 Å². The zero-order valence-electron chi connectivity index (χ0n) is 7.21. The van der Waals surface area contributed by atoms with Gasteiger partial charge in [0.05, 0.1) is 11.9 Å². The first-order valence-electron chi connectivity index (χ1n) is 3.64. The normalized spacial score (nSPS) is 12.2. The van der Waals surface area contributed by atoms with E-state index in [0.29, 0.717) is 5.17 Å². The molecule has 1 aromatic rings. The average Bonchev–Trinajstić information content (AvgIpc) is 2.19. The van der Waals surface area contributed by atoms with Crippen molar-refractivity contribution in [2.45, 2.75) is 0 Å². The van der Waals surface area contributed by atoms with Crippen LogP contribution in [0.15, 0.2) is 34.6 Å². The summed E-state index contributed by atoms with van der Waals surface area (Å²) in [6, 6.07) is 5.57. The zero-order valence-corrected chi connectivity index (χ0v) is 8.03. The molecule has 0 saturated heterocycles. The van der Waals surface area contributed by atoms with Crippen LogP contribution in [0.3, 0.4) is 0 Å². The summed E-state index contributed by atoms with van der Waals surface area (Å²) in [6.07, 6.45) is 5.10. The lowest BCUT2D eigenvalue weighted by Gasteiger charge is -1.89. The van der Waals surface area contributed by atoms with Crippen molar-refractivity contribution in [2.24, 2.45) is 15.9 Å². The fraction of sp³-hybridized carbons (Fsp3) is 0.125. The van der Waals surface area contributed by atoms with Crippen molar-refractivity contribution >= 4 is 23.1 Å². The average molecular weight is 194 g/mol. The minimum absolute atomic E-state index is 0.437. The Labute approximate surface area is 81.0 Å². The predicted molar refractivity (Wildman–Crippen MR) is 57.0 cm³/mol. The molecule has 0 fully saturated rings. The zero-order chi connectivity index (χ0) is 9.52. The molecule has 1 rings (SSSR count). The molecule has 0 amide bonds. The Bertz CT molecular complexity index is 307. The van der Waals surface area contributed by atoms with Gasteiger partial charge in [0.1, 0.15) is 0 Å². The highest BCUT2D eigenvalue weighted by Gasteiger charge is 1.85. The molecule has 1 heterocycles. The maximum absolute atomic E-state index is 5.42. The Morgan fingerprint density at radius 2 is 2.46 bits per heavy atom. The van der Waals surface area contributed by atoms with Crippen LogP contribution >= 0.6 is 11.8 Å². The number of aromatic nitrogens is 1. The second-order valence-electron chi connectivity index (χ2n) is 2.14. The third-order valence-electron chi connectivity index (χ3n) is 1.24. The Balaban J connectivity index is 2.60. The first-order chi connectivity index (χ1) is 6.33. The fourth-order valence-electron chi connectivity index (χ4n) is 0.638. The molecule has 0 aliphatic carbocycles. The van der Waals surface area contributed by atoms with Gasteiger partial charge in [-0.25, -0.2) is 0 Å². The lowest BCUT2D eigenvalue weighted by atomic mass is 10.4. The van der Waals surface area contributed by atoms with E-state index in [-0.39, 0.29) is 0 Å². The molecule has 0 aliphatic rings. The Hall–Kier alpha value is -1.36. The lowest BCUT2D eigenvalue weighted by molar-refractivity contribution is 1.23. The molecule has 0 radical (unpaired) electrons. The number of hydrogen-bond donors (Lipinski definition) is 1. The van der Waals surface area contributed by atoms with Crippen LogP contribution in [0.5, 0.6) is 0 Å². The Morgan fingerprint density at radius 3 is 3.08 bits per heavy atom. The van der Waals surface area contributed by atoms with Crippen molar-refractivity contribution in [3.05, 3.63) is 30.1 Å². The van der Waals surface area contributed by atoms with E-state index in [1.165, 1.54) is 11.8 Å². The first kappa shape index (κ1) is 9.73. The molecule has 0 saturated carbocycles. The number of rotatable bonds is 2. The summed E-state index contributed by atoms with van der Waals surface area (Å²) < 4.78 is 0. The van der Waals surface area contributed by atoms with Gasteiger partial charge in [0.2, 0.25) is 0 Å². The third-order valence-corrected chi connectivity index (χ3v) is 1.74. The standard InChI is InChI=1S/C8H10N4S/c1-13-8(9)12-11-6-7-4-2-3-5-10-7/h2-6H,1H3,(H2,9,12). The van der Waals surface area contributed by atoms with E-state index in [0.717, 1.165) is 5.69 Å². The number of amidine groups is 1. The van der Waals surface area contributed by atoms with Gasteiger partial charge in [0, 0.05) is 6.20 Å². The number of nitrogens with zero attached hydrogens (tertiary/aromatic N) is 3. The van der Waals surface area contributed by atoms with E-state index >= 15 is 0 Å². The molecule has 0 aromatic carbocycles. The van der Waals surface area contributed by atoms with Crippen LogP contribution in [0.2, 0.25) is 0 Å². The molecule has 68 valence electrons. The van der Waals surface area contributed by atoms with E-state index in [4.69, 9.17) is 5.73 Å². The van der Waals surface area contributed by atoms with Gasteiger partial charge in [-0.15, -0.1) is 5.10 Å². The molecule has 0 unspecified atom stereocenters. The largest absolute Gasteiger partial charge is 0.377 e. The van der Waals surface area contributed by atoms with Gasteiger partial charge < -0.3 is 5.73 Å². The van der Waals surface area contributed by atoms with Crippen molar-refractivity contribution in [1.82, 2.24) is 4.98 Å². The van der Waals surface area contributed by atoms with Crippen molar-refractivity contribution < 1.29 is 0 Å². The van der Waals surface area contributed by atoms with Crippen molar-refractivity contribution in [3.63, 3.8) is 0 Å². The third kappa shape index (κ3) is 3.71. The molecule has 0 aliphatic heterocycles. The van der Waals surface area contributed by atoms with Crippen LogP contribution in [0.25, 0.3) is 0 Å². The van der Waals surface area contributed by atoms with Crippen molar-refractivity contribution in [2.75, 3.05) is 6.26 Å². The molecule has 0 spiro atoms. The van der Waals surface area contributed by atoms with Crippen LogP contribution in [0, 0.1) is 0 Å². The van der Waals surface area contributed by atoms with Gasteiger partial charge in [0.15, 0.2) is 5.17 Å². The van der Waals surface area contributed by atoms with E-state index in [1.54, 1.807) is 12.4 Å². The lowest BCUT2D eigenvalue weighted by Crippen LogP contribution is -2.03. The van der Waals surface area contributed by atoms with Gasteiger partial charge in [-0.1, -0.05) is 17.8 Å². The van der Waals surface area contributed by atoms with Gasteiger partial charge in [-0.2, -0.15) is 5.10 Å². The Morgan fingerprint density at radius 1 is 1.62 bits per heavy atom. The monoisotopic (exact) mass is 194 g/mol.